The predicted octanol–water partition coefficient (Wildman–Crippen LogP) is 7.28. The monoisotopic (exact) mass is 592 g/mol. The molecule has 0 spiro atoms. The molecule has 5 rings (SSSR count). The van der Waals surface area contributed by atoms with Gasteiger partial charge in [-0.05, 0) is 41.3 Å². The SMILES string of the molecule is COc1cc(NC(=O)C(Sc2cccc(NC(=O)c3cccc4cccc(C(=O)O)c34)c2)c2ccccc2)cc(OC)c1. The number of rotatable bonds is 10. The first-order valence-electron chi connectivity index (χ1n) is 13.3. The van der Waals surface area contributed by atoms with Crippen molar-refractivity contribution in [3.8, 4) is 11.5 Å². The highest BCUT2D eigenvalue weighted by Gasteiger charge is 2.23. The van der Waals surface area contributed by atoms with Crippen molar-refractivity contribution >= 4 is 51.7 Å². The number of aromatic carboxylic acids is 1. The fourth-order valence-corrected chi connectivity index (χ4v) is 5.76. The van der Waals surface area contributed by atoms with Crippen molar-refractivity contribution in [3.63, 3.8) is 0 Å². The third-order valence-corrected chi connectivity index (χ3v) is 7.93. The number of thioether (sulfide) groups is 1. The van der Waals surface area contributed by atoms with Crippen LogP contribution in [0.2, 0.25) is 0 Å². The number of methoxy groups -OCH3 is 2. The Morgan fingerprint density at radius 1 is 0.698 bits per heavy atom. The molecule has 0 aliphatic heterocycles. The molecule has 216 valence electrons. The van der Waals surface area contributed by atoms with E-state index in [1.54, 1.807) is 80.9 Å². The number of benzene rings is 5. The van der Waals surface area contributed by atoms with E-state index >= 15 is 0 Å². The molecule has 0 heterocycles. The lowest BCUT2D eigenvalue weighted by molar-refractivity contribution is -0.115. The van der Waals surface area contributed by atoms with Crippen molar-refractivity contribution in [1.82, 2.24) is 0 Å². The summed E-state index contributed by atoms with van der Waals surface area (Å²) in [4.78, 5) is 39.6. The molecule has 8 nitrogen and oxygen atoms in total. The molecule has 1 atom stereocenters. The first-order chi connectivity index (χ1) is 20.9. The average molecular weight is 593 g/mol. The Bertz CT molecular complexity index is 1780. The number of carbonyl (C=O) groups is 3. The number of nitrogens with one attached hydrogen (secondary N) is 2. The summed E-state index contributed by atoms with van der Waals surface area (Å²) in [5.41, 5.74) is 2.14. The number of anilines is 2. The van der Waals surface area contributed by atoms with Crippen LogP contribution in [0.3, 0.4) is 0 Å². The maximum Gasteiger partial charge on any atom is 0.336 e. The van der Waals surface area contributed by atoms with Crippen LogP contribution in [0.4, 0.5) is 11.4 Å². The van der Waals surface area contributed by atoms with Crippen LogP contribution in [0.25, 0.3) is 10.8 Å². The molecular weight excluding hydrogens is 564 g/mol. The Morgan fingerprint density at radius 3 is 2.00 bits per heavy atom. The molecule has 0 aliphatic carbocycles. The number of carboxylic acid groups (broad SMARTS) is 1. The van der Waals surface area contributed by atoms with E-state index in [1.807, 2.05) is 36.4 Å². The van der Waals surface area contributed by atoms with Gasteiger partial charge in [-0.1, -0.05) is 60.7 Å². The second-order valence-electron chi connectivity index (χ2n) is 9.50. The highest BCUT2D eigenvalue weighted by atomic mass is 32.2. The number of carbonyl (C=O) groups excluding carboxylic acids is 2. The molecular formula is C34H28N2O6S. The second-order valence-corrected chi connectivity index (χ2v) is 10.7. The quantitative estimate of drug-likeness (QED) is 0.146. The van der Waals surface area contributed by atoms with Gasteiger partial charge in [-0.3, -0.25) is 9.59 Å². The molecule has 1 unspecified atom stereocenters. The van der Waals surface area contributed by atoms with E-state index in [-0.39, 0.29) is 17.0 Å². The fraction of sp³-hybridized carbons (Fsp3) is 0.0882. The van der Waals surface area contributed by atoms with E-state index in [0.29, 0.717) is 33.6 Å². The van der Waals surface area contributed by atoms with E-state index in [0.717, 1.165) is 10.5 Å². The molecule has 0 radical (unpaired) electrons. The van der Waals surface area contributed by atoms with Crippen molar-refractivity contribution in [1.29, 1.82) is 0 Å². The van der Waals surface area contributed by atoms with E-state index < -0.39 is 17.1 Å². The smallest absolute Gasteiger partial charge is 0.336 e. The van der Waals surface area contributed by atoms with Crippen LogP contribution in [0.1, 0.15) is 31.5 Å². The van der Waals surface area contributed by atoms with Gasteiger partial charge in [-0.25, -0.2) is 4.79 Å². The summed E-state index contributed by atoms with van der Waals surface area (Å²) in [7, 11) is 3.08. The highest BCUT2D eigenvalue weighted by molar-refractivity contribution is 8.00. The molecule has 0 aromatic heterocycles. The summed E-state index contributed by atoms with van der Waals surface area (Å²) < 4.78 is 10.7. The summed E-state index contributed by atoms with van der Waals surface area (Å²) in [5, 5.41) is 16.0. The van der Waals surface area contributed by atoms with Crippen molar-refractivity contribution in [3.05, 3.63) is 126 Å². The molecule has 0 aliphatic rings. The summed E-state index contributed by atoms with van der Waals surface area (Å²) >= 11 is 1.33. The second kappa shape index (κ2) is 13.1. The van der Waals surface area contributed by atoms with Gasteiger partial charge >= 0.3 is 5.97 Å². The minimum Gasteiger partial charge on any atom is -0.497 e. The van der Waals surface area contributed by atoms with E-state index in [4.69, 9.17) is 9.47 Å². The van der Waals surface area contributed by atoms with Gasteiger partial charge in [0.1, 0.15) is 16.7 Å². The number of ether oxygens (including phenoxy) is 2. The lowest BCUT2D eigenvalue weighted by atomic mass is 9.98. The zero-order valence-corrected chi connectivity index (χ0v) is 24.2. The van der Waals surface area contributed by atoms with Crippen molar-refractivity contribution in [2.75, 3.05) is 24.9 Å². The van der Waals surface area contributed by atoms with Gasteiger partial charge in [0.2, 0.25) is 5.91 Å². The molecule has 43 heavy (non-hydrogen) atoms. The molecule has 3 N–H and O–H groups in total. The normalized spacial score (nSPS) is 11.4. The Kier molecular flexibility index (Phi) is 8.93. The van der Waals surface area contributed by atoms with E-state index in [2.05, 4.69) is 10.6 Å². The minimum atomic E-state index is -1.11. The van der Waals surface area contributed by atoms with Gasteiger partial charge in [0, 0.05) is 45.4 Å². The zero-order chi connectivity index (χ0) is 30.3. The predicted molar refractivity (Wildman–Crippen MR) is 169 cm³/mol. The minimum absolute atomic E-state index is 0.0536. The number of fused-ring (bicyclic) bond motifs is 1. The zero-order valence-electron chi connectivity index (χ0n) is 23.4. The van der Waals surface area contributed by atoms with Crippen molar-refractivity contribution in [2.45, 2.75) is 10.1 Å². The molecule has 0 saturated carbocycles. The molecule has 5 aromatic carbocycles. The number of amides is 2. The van der Waals surface area contributed by atoms with Gasteiger partial charge in [0.15, 0.2) is 0 Å². The van der Waals surface area contributed by atoms with Gasteiger partial charge in [0.05, 0.1) is 19.8 Å². The third-order valence-electron chi connectivity index (χ3n) is 6.69. The topological polar surface area (TPSA) is 114 Å². The number of carboxylic acids is 1. The van der Waals surface area contributed by atoms with Crippen LogP contribution in [0, 0.1) is 0 Å². The largest absolute Gasteiger partial charge is 0.497 e. The van der Waals surface area contributed by atoms with E-state index in [9.17, 15) is 19.5 Å². The maximum absolute atomic E-state index is 13.6. The van der Waals surface area contributed by atoms with Gasteiger partial charge in [-0.2, -0.15) is 0 Å². The summed E-state index contributed by atoms with van der Waals surface area (Å²) in [5.74, 6) is -0.710. The van der Waals surface area contributed by atoms with Crippen LogP contribution in [-0.4, -0.2) is 37.1 Å². The average Bonchev–Trinajstić information content (AvgIpc) is 3.03. The van der Waals surface area contributed by atoms with Gasteiger partial charge < -0.3 is 25.2 Å². The molecule has 0 bridgehead atoms. The Morgan fingerprint density at radius 2 is 1.35 bits per heavy atom. The van der Waals surface area contributed by atoms with Crippen LogP contribution >= 0.6 is 11.8 Å². The third kappa shape index (κ3) is 6.79. The molecule has 0 fully saturated rings. The number of hydrogen-bond acceptors (Lipinski definition) is 6. The summed E-state index contributed by atoms with van der Waals surface area (Å²) in [6.07, 6.45) is 0. The Balaban J connectivity index is 1.41. The fourth-order valence-electron chi connectivity index (χ4n) is 4.68. The highest BCUT2D eigenvalue weighted by Crippen LogP contribution is 2.38. The first kappa shape index (κ1) is 29.2. The van der Waals surface area contributed by atoms with Crippen LogP contribution < -0.4 is 20.1 Å². The first-order valence-corrected chi connectivity index (χ1v) is 14.2. The summed E-state index contributed by atoms with van der Waals surface area (Å²) in [6, 6.07) is 31.7. The number of hydrogen-bond donors (Lipinski definition) is 3. The lowest BCUT2D eigenvalue weighted by Gasteiger charge is -2.18. The van der Waals surface area contributed by atoms with E-state index in [1.165, 1.54) is 17.8 Å². The Labute approximate surface area is 252 Å². The van der Waals surface area contributed by atoms with Crippen molar-refractivity contribution in [2.24, 2.45) is 0 Å². The van der Waals surface area contributed by atoms with Crippen molar-refractivity contribution < 1.29 is 29.0 Å². The van der Waals surface area contributed by atoms with Crippen LogP contribution in [-0.2, 0) is 4.79 Å². The molecule has 0 saturated heterocycles. The lowest BCUT2D eigenvalue weighted by Crippen LogP contribution is -2.19. The summed E-state index contributed by atoms with van der Waals surface area (Å²) in [6.45, 7) is 0. The van der Waals surface area contributed by atoms with Crippen LogP contribution in [0.15, 0.2) is 114 Å². The van der Waals surface area contributed by atoms with Crippen LogP contribution in [0.5, 0.6) is 11.5 Å². The molecule has 9 heteroatoms. The van der Waals surface area contributed by atoms with Gasteiger partial charge in [0.25, 0.3) is 5.91 Å². The Hall–Kier alpha value is -5.28. The maximum atomic E-state index is 13.6. The standard InChI is InChI=1S/C34H28N2O6S/c1-41-25-17-24(18-26(20-25)42-2)36-33(38)31(22-9-4-3-5-10-22)43-27-14-8-13-23(19-27)35-32(37)28-15-6-11-21-12-7-16-29(30(21)28)34(39)40/h3-20,31H,1-2H3,(H,35,37)(H,36,38)(H,39,40). The van der Waals surface area contributed by atoms with Gasteiger partial charge in [-0.15, -0.1) is 11.8 Å². The molecule has 2 amide bonds. The molecule has 5 aromatic rings.